The van der Waals surface area contributed by atoms with Crippen molar-refractivity contribution < 1.29 is 54.9 Å². The van der Waals surface area contributed by atoms with Crippen LogP contribution in [0.4, 0.5) is 35.1 Å². The second-order valence-electron chi connectivity index (χ2n) is 10.3. The monoisotopic (exact) mass is 617 g/mol. The largest absolute Gasteiger partial charge is 0.430 e. The molecule has 3 N–H and O–H groups in total. The van der Waals surface area contributed by atoms with Crippen LogP contribution in [0.25, 0.3) is 10.4 Å². The lowest BCUT2D eigenvalue weighted by atomic mass is 9.89. The molecule has 2 heterocycles. The van der Waals surface area contributed by atoms with Gasteiger partial charge in [0.15, 0.2) is 5.01 Å². The molecule has 1 aliphatic rings. The maximum Gasteiger partial charge on any atom is 0.430 e. The van der Waals surface area contributed by atoms with Crippen molar-refractivity contribution in [2.45, 2.75) is 76.1 Å². The molecule has 0 aliphatic carbocycles. The van der Waals surface area contributed by atoms with Gasteiger partial charge < -0.3 is 20.4 Å². The van der Waals surface area contributed by atoms with Gasteiger partial charge in [-0.05, 0) is 46.1 Å². The van der Waals surface area contributed by atoms with Gasteiger partial charge in [-0.3, -0.25) is 9.59 Å². The lowest BCUT2D eigenvalue weighted by Crippen LogP contribution is -2.54. The van der Waals surface area contributed by atoms with E-state index in [1.807, 2.05) is 0 Å². The number of aromatic nitrogens is 1. The molecule has 7 nitrogen and oxygen atoms in total. The van der Waals surface area contributed by atoms with Crippen molar-refractivity contribution >= 4 is 23.2 Å². The molecule has 0 spiro atoms. The van der Waals surface area contributed by atoms with Crippen molar-refractivity contribution in [1.29, 1.82) is 0 Å². The van der Waals surface area contributed by atoms with Gasteiger partial charge in [-0.15, -0.1) is 11.3 Å². The molecule has 0 radical (unpaired) electrons. The van der Waals surface area contributed by atoms with E-state index in [4.69, 9.17) is 0 Å². The van der Waals surface area contributed by atoms with E-state index in [2.05, 4.69) is 10.3 Å². The van der Waals surface area contributed by atoms with E-state index in [9.17, 15) is 54.9 Å². The molecule has 1 atom stereocenters. The van der Waals surface area contributed by atoms with Crippen molar-refractivity contribution in [2.24, 2.45) is 0 Å². The first-order chi connectivity index (χ1) is 18.7. The van der Waals surface area contributed by atoms with E-state index < -0.39 is 69.2 Å². The number of aliphatic hydroxyl groups is 2. The third kappa shape index (κ3) is 6.64. The molecule has 1 aromatic heterocycles. The summed E-state index contributed by atoms with van der Waals surface area (Å²) in [5.74, 6) is -1.67. The fourth-order valence-electron chi connectivity index (χ4n) is 4.32. The molecular weight excluding hydrogens is 590 g/mol. The number of carbonyl (C=O) groups excluding carboxylic acids is 2. The molecule has 2 aromatic rings. The van der Waals surface area contributed by atoms with E-state index in [0.29, 0.717) is 30.2 Å². The number of benzene rings is 1. The third-order valence-electron chi connectivity index (χ3n) is 6.54. The molecule has 1 aliphatic heterocycles. The molecule has 1 aromatic carbocycles. The highest BCUT2D eigenvalue weighted by Crippen LogP contribution is 2.51. The SMILES string of the molecule is CC1CCCCN1C(=O)c1nc(C(=O)NCC(C)(C)O)sc1-c1ccc(C(O)(C(F)(F)F)C(F)(F)F)cc1C(F)F. The number of thiazole rings is 1. The van der Waals surface area contributed by atoms with Gasteiger partial charge in [0.2, 0.25) is 0 Å². The summed E-state index contributed by atoms with van der Waals surface area (Å²) in [6.45, 7) is 4.49. The Morgan fingerprint density at radius 1 is 1.10 bits per heavy atom. The van der Waals surface area contributed by atoms with Gasteiger partial charge >= 0.3 is 12.4 Å². The number of hydrogen-bond acceptors (Lipinski definition) is 6. The molecule has 16 heteroatoms. The highest BCUT2D eigenvalue weighted by molar-refractivity contribution is 7.17. The zero-order valence-electron chi connectivity index (χ0n) is 22.0. The first kappa shape index (κ1) is 32.7. The van der Waals surface area contributed by atoms with E-state index >= 15 is 0 Å². The Balaban J connectivity index is 2.22. The van der Waals surface area contributed by atoms with E-state index in [-0.39, 0.29) is 36.1 Å². The van der Waals surface area contributed by atoms with Crippen LogP contribution < -0.4 is 5.32 Å². The van der Waals surface area contributed by atoms with Gasteiger partial charge in [-0.25, -0.2) is 13.8 Å². The predicted octanol–water partition coefficient (Wildman–Crippen LogP) is 5.58. The molecule has 1 fully saturated rings. The minimum atomic E-state index is -6.31. The Kier molecular flexibility index (Phi) is 9.11. The van der Waals surface area contributed by atoms with Crippen LogP contribution in [-0.2, 0) is 5.60 Å². The van der Waals surface area contributed by atoms with Gasteiger partial charge in [0.25, 0.3) is 23.8 Å². The van der Waals surface area contributed by atoms with Gasteiger partial charge in [0.1, 0.15) is 5.69 Å². The summed E-state index contributed by atoms with van der Waals surface area (Å²) in [5, 5.41) is 21.6. The number of halogens is 8. The zero-order chi connectivity index (χ0) is 31.1. The number of amides is 2. The Morgan fingerprint density at radius 2 is 1.71 bits per heavy atom. The highest BCUT2D eigenvalue weighted by Gasteiger charge is 2.71. The average Bonchev–Trinajstić information content (AvgIpc) is 3.30. The van der Waals surface area contributed by atoms with Crippen LogP contribution in [0.3, 0.4) is 0 Å². The van der Waals surface area contributed by atoms with Gasteiger partial charge in [-0.1, -0.05) is 12.1 Å². The van der Waals surface area contributed by atoms with E-state index in [1.165, 1.54) is 18.7 Å². The van der Waals surface area contributed by atoms with Crippen LogP contribution in [0.5, 0.6) is 0 Å². The molecule has 41 heavy (non-hydrogen) atoms. The molecule has 0 bridgehead atoms. The van der Waals surface area contributed by atoms with Crippen molar-refractivity contribution in [3.05, 3.63) is 40.0 Å². The Labute approximate surface area is 233 Å². The summed E-state index contributed by atoms with van der Waals surface area (Å²) in [4.78, 5) is 31.3. The van der Waals surface area contributed by atoms with E-state index in [1.54, 1.807) is 6.92 Å². The second-order valence-corrected chi connectivity index (χ2v) is 11.3. The number of rotatable bonds is 7. The second kappa shape index (κ2) is 11.4. The maximum atomic E-state index is 14.2. The number of alkyl halides is 8. The Hall–Kier alpha value is -2.85. The van der Waals surface area contributed by atoms with Crippen LogP contribution in [0.15, 0.2) is 18.2 Å². The van der Waals surface area contributed by atoms with Gasteiger partial charge in [-0.2, -0.15) is 26.3 Å². The number of likely N-dealkylation sites (tertiary alicyclic amines) is 1. The zero-order valence-corrected chi connectivity index (χ0v) is 22.8. The van der Waals surface area contributed by atoms with Crippen molar-refractivity contribution in [3.8, 4) is 10.4 Å². The van der Waals surface area contributed by atoms with Crippen LogP contribution in [0.1, 0.15) is 77.9 Å². The summed E-state index contributed by atoms with van der Waals surface area (Å²) in [6.07, 6.45) is -14.3. The summed E-state index contributed by atoms with van der Waals surface area (Å²) in [5.41, 5.74) is -11.2. The average molecular weight is 618 g/mol. The van der Waals surface area contributed by atoms with Crippen LogP contribution in [0, 0.1) is 0 Å². The molecule has 0 saturated carbocycles. The number of carbonyl (C=O) groups is 2. The number of hydrogen-bond donors (Lipinski definition) is 3. The third-order valence-corrected chi connectivity index (χ3v) is 7.63. The Bertz CT molecular complexity index is 1270. The fourth-order valence-corrected chi connectivity index (χ4v) is 5.34. The van der Waals surface area contributed by atoms with Crippen molar-refractivity contribution in [2.75, 3.05) is 13.1 Å². The van der Waals surface area contributed by atoms with Crippen molar-refractivity contribution in [1.82, 2.24) is 15.2 Å². The first-order valence-corrected chi connectivity index (χ1v) is 13.1. The van der Waals surface area contributed by atoms with Crippen molar-refractivity contribution in [3.63, 3.8) is 0 Å². The highest BCUT2D eigenvalue weighted by atomic mass is 32.1. The molecular formula is C25H27F8N3O4S. The smallest absolute Gasteiger partial charge is 0.389 e. The molecule has 1 unspecified atom stereocenters. The number of piperidine rings is 1. The summed E-state index contributed by atoms with van der Waals surface area (Å²) >= 11 is 0.428. The van der Waals surface area contributed by atoms with Crippen LogP contribution >= 0.6 is 11.3 Å². The summed E-state index contributed by atoms with van der Waals surface area (Å²) < 4.78 is 109. The topological polar surface area (TPSA) is 103 Å². The van der Waals surface area contributed by atoms with Crippen LogP contribution in [0.2, 0.25) is 0 Å². The summed E-state index contributed by atoms with van der Waals surface area (Å²) in [7, 11) is 0. The predicted molar refractivity (Wildman–Crippen MR) is 131 cm³/mol. The minimum absolute atomic E-state index is 0.119. The molecule has 228 valence electrons. The standard InChI is InChI=1S/C25H27F8N3O4S/c1-12-6-4-5-9-36(12)21(38)16-17(41-20(35-16)19(37)34-11-22(2,3)39)14-8-7-13(10-15(14)18(26)27)23(40,24(28,29)30)25(31,32)33/h7-8,10,12,18,39-40H,4-6,9,11H2,1-3H3,(H,34,37). The number of nitrogens with zero attached hydrogens (tertiary/aromatic N) is 2. The van der Waals surface area contributed by atoms with Crippen LogP contribution in [-0.4, -0.2) is 69.0 Å². The van der Waals surface area contributed by atoms with Gasteiger partial charge in [0, 0.05) is 35.8 Å². The maximum absolute atomic E-state index is 14.2. The lowest BCUT2D eigenvalue weighted by molar-refractivity contribution is -0.376. The molecule has 2 amide bonds. The normalized spacial score (nSPS) is 17.2. The lowest BCUT2D eigenvalue weighted by Gasteiger charge is -2.33. The fraction of sp³-hybridized carbons (Fsp3) is 0.560. The number of nitrogens with one attached hydrogen (secondary N) is 1. The summed E-state index contributed by atoms with van der Waals surface area (Å²) in [6, 6.07) is 0.269. The Morgan fingerprint density at radius 3 is 2.22 bits per heavy atom. The van der Waals surface area contributed by atoms with Gasteiger partial charge in [0.05, 0.1) is 10.5 Å². The minimum Gasteiger partial charge on any atom is -0.389 e. The quantitative estimate of drug-likeness (QED) is 0.353. The van der Waals surface area contributed by atoms with E-state index in [0.717, 1.165) is 6.42 Å². The first-order valence-electron chi connectivity index (χ1n) is 12.3. The molecule has 1 saturated heterocycles. The molecule has 3 rings (SSSR count).